The number of carbonyl (C=O) groups excluding carboxylic acids is 1. The number of sulfonamides is 1. The van der Waals surface area contributed by atoms with Crippen LogP contribution >= 0.6 is 11.3 Å². The van der Waals surface area contributed by atoms with E-state index in [-0.39, 0.29) is 22.5 Å². The van der Waals surface area contributed by atoms with Crippen molar-refractivity contribution in [2.45, 2.75) is 44.4 Å². The average Bonchev–Trinajstić information content (AvgIpc) is 3.28. The minimum Gasteiger partial charge on any atom is -0.495 e. The van der Waals surface area contributed by atoms with Crippen molar-refractivity contribution in [2.24, 2.45) is 11.8 Å². The Morgan fingerprint density at radius 3 is 2.51 bits per heavy atom. The van der Waals surface area contributed by atoms with Crippen LogP contribution < -0.4 is 14.8 Å². The third-order valence-corrected chi connectivity index (χ3v) is 9.11. The van der Waals surface area contributed by atoms with Crippen LogP contribution in [0.4, 0.5) is 10.8 Å². The summed E-state index contributed by atoms with van der Waals surface area (Å²) in [7, 11) is -2.42. The summed E-state index contributed by atoms with van der Waals surface area (Å²) in [5, 5.41) is 4.24. The number of ether oxygens (including phenoxy) is 2. The molecule has 0 atom stereocenters. The number of aromatic nitrogens is 1. The van der Waals surface area contributed by atoms with Crippen LogP contribution in [0.15, 0.2) is 53.4 Å². The molecule has 3 aromatic rings. The van der Waals surface area contributed by atoms with Gasteiger partial charge in [0.25, 0.3) is 10.0 Å². The first-order chi connectivity index (χ1) is 17.8. The number of para-hydroxylation sites is 1. The van der Waals surface area contributed by atoms with Crippen LogP contribution in [0, 0.1) is 18.8 Å². The van der Waals surface area contributed by atoms with Crippen molar-refractivity contribution in [1.29, 1.82) is 0 Å². The number of aryl methyl sites for hydroxylation is 1. The van der Waals surface area contributed by atoms with Gasteiger partial charge in [0.1, 0.15) is 10.6 Å². The molecule has 0 bridgehead atoms. The maximum Gasteiger partial charge on any atom is 0.308 e. The molecule has 4 rings (SSSR count). The van der Waals surface area contributed by atoms with Gasteiger partial charge in [-0.05, 0) is 81.3 Å². The summed E-state index contributed by atoms with van der Waals surface area (Å²) in [4.78, 5) is 17.6. The molecular formula is C27H33N3O5S2. The lowest BCUT2D eigenvalue weighted by Crippen LogP contribution is -2.26. The predicted octanol–water partition coefficient (Wildman–Crippen LogP) is 5.71. The second-order valence-corrected chi connectivity index (χ2v) is 11.8. The summed E-state index contributed by atoms with van der Waals surface area (Å²) >= 11 is 1.50. The molecule has 0 saturated heterocycles. The van der Waals surface area contributed by atoms with Gasteiger partial charge in [0.05, 0.1) is 30.2 Å². The number of hydrogen-bond donors (Lipinski definition) is 2. The molecule has 198 valence electrons. The monoisotopic (exact) mass is 543 g/mol. The van der Waals surface area contributed by atoms with Crippen molar-refractivity contribution >= 4 is 38.1 Å². The molecule has 2 aromatic carbocycles. The summed E-state index contributed by atoms with van der Waals surface area (Å²) < 4.78 is 39.5. The molecule has 1 saturated carbocycles. The van der Waals surface area contributed by atoms with E-state index in [0.717, 1.165) is 53.5 Å². The van der Waals surface area contributed by atoms with E-state index >= 15 is 0 Å². The molecule has 2 N–H and O–H groups in total. The fourth-order valence-corrected chi connectivity index (χ4v) is 6.80. The molecule has 1 fully saturated rings. The van der Waals surface area contributed by atoms with Crippen LogP contribution in [0.5, 0.6) is 5.75 Å². The molecular weight excluding hydrogens is 510 g/mol. The molecule has 1 aliphatic carbocycles. The lowest BCUT2D eigenvalue weighted by Gasteiger charge is -2.27. The van der Waals surface area contributed by atoms with Crippen molar-refractivity contribution in [3.63, 3.8) is 0 Å². The SMILES string of the molecule is CCOC(=O)C1CCC(CNc2nc(C)c(-c3ccc(OC)c(S(=O)(=O)Nc4ccccc4)c3)s2)CC1. The zero-order chi connectivity index (χ0) is 26.4. The smallest absolute Gasteiger partial charge is 0.308 e. The number of nitrogens with zero attached hydrogens (tertiary/aromatic N) is 1. The Hall–Kier alpha value is -3.11. The molecule has 37 heavy (non-hydrogen) atoms. The highest BCUT2D eigenvalue weighted by Gasteiger charge is 2.27. The highest BCUT2D eigenvalue weighted by molar-refractivity contribution is 7.92. The second-order valence-electron chi connectivity index (χ2n) is 9.12. The Balaban J connectivity index is 1.46. The van der Waals surface area contributed by atoms with Gasteiger partial charge in [-0.3, -0.25) is 9.52 Å². The van der Waals surface area contributed by atoms with Crippen molar-refractivity contribution in [2.75, 3.05) is 30.3 Å². The van der Waals surface area contributed by atoms with Gasteiger partial charge in [-0.15, -0.1) is 0 Å². The molecule has 0 unspecified atom stereocenters. The van der Waals surface area contributed by atoms with Crippen LogP contribution in [0.2, 0.25) is 0 Å². The van der Waals surface area contributed by atoms with Crippen molar-refractivity contribution in [3.05, 3.63) is 54.2 Å². The van der Waals surface area contributed by atoms with Crippen LogP contribution in [-0.4, -0.2) is 39.6 Å². The molecule has 0 amide bonds. The molecule has 0 radical (unpaired) electrons. The first-order valence-corrected chi connectivity index (χ1v) is 14.7. The van der Waals surface area contributed by atoms with Crippen molar-refractivity contribution in [1.82, 2.24) is 4.98 Å². The number of rotatable bonds is 10. The summed E-state index contributed by atoms with van der Waals surface area (Å²) in [5.41, 5.74) is 2.06. The van der Waals surface area contributed by atoms with Crippen LogP contribution in [0.25, 0.3) is 10.4 Å². The number of nitrogens with one attached hydrogen (secondary N) is 2. The number of hydrogen-bond acceptors (Lipinski definition) is 8. The summed E-state index contributed by atoms with van der Waals surface area (Å²) in [5.74, 6) is 0.682. The zero-order valence-electron chi connectivity index (χ0n) is 21.3. The van der Waals surface area contributed by atoms with Crippen LogP contribution in [0.3, 0.4) is 0 Å². The molecule has 1 aromatic heterocycles. The van der Waals surface area contributed by atoms with E-state index in [1.807, 2.05) is 26.0 Å². The summed E-state index contributed by atoms with van der Waals surface area (Å²) in [6, 6.07) is 13.9. The third kappa shape index (κ3) is 6.61. The van der Waals surface area contributed by atoms with Gasteiger partial charge in [-0.25, -0.2) is 13.4 Å². The topological polar surface area (TPSA) is 107 Å². The van der Waals surface area contributed by atoms with Crippen molar-refractivity contribution < 1.29 is 22.7 Å². The Morgan fingerprint density at radius 2 is 1.84 bits per heavy atom. The van der Waals surface area contributed by atoms with Gasteiger partial charge in [-0.2, -0.15) is 0 Å². The summed E-state index contributed by atoms with van der Waals surface area (Å²) in [6.45, 7) is 4.97. The number of esters is 1. The average molecular weight is 544 g/mol. The van der Waals surface area contributed by atoms with Crippen molar-refractivity contribution in [3.8, 4) is 16.2 Å². The number of benzene rings is 2. The molecule has 1 heterocycles. The number of carbonyl (C=O) groups is 1. The van der Waals surface area contributed by atoms with Gasteiger partial charge in [0, 0.05) is 12.2 Å². The van der Waals surface area contributed by atoms with E-state index in [9.17, 15) is 13.2 Å². The largest absolute Gasteiger partial charge is 0.495 e. The minimum absolute atomic E-state index is 0.0156. The fourth-order valence-electron chi connectivity index (χ4n) is 4.58. The predicted molar refractivity (Wildman–Crippen MR) is 147 cm³/mol. The Morgan fingerprint density at radius 1 is 1.11 bits per heavy atom. The summed E-state index contributed by atoms with van der Waals surface area (Å²) in [6.07, 6.45) is 3.66. The Bertz CT molecular complexity index is 1320. The first kappa shape index (κ1) is 26.9. The van der Waals surface area contributed by atoms with E-state index in [0.29, 0.717) is 18.2 Å². The lowest BCUT2D eigenvalue weighted by atomic mass is 9.82. The lowest BCUT2D eigenvalue weighted by molar-refractivity contribution is -0.149. The fraction of sp³-hybridized carbons (Fsp3) is 0.407. The van der Waals surface area contributed by atoms with Gasteiger partial charge < -0.3 is 14.8 Å². The van der Waals surface area contributed by atoms with E-state index in [1.165, 1.54) is 18.4 Å². The molecule has 1 aliphatic rings. The molecule has 8 nitrogen and oxygen atoms in total. The van der Waals surface area contributed by atoms with Gasteiger partial charge in [0.15, 0.2) is 5.13 Å². The van der Waals surface area contributed by atoms with Gasteiger partial charge in [-0.1, -0.05) is 29.5 Å². The number of thiazole rings is 1. The highest BCUT2D eigenvalue weighted by Crippen LogP contribution is 2.37. The third-order valence-electron chi connectivity index (χ3n) is 6.55. The molecule has 0 spiro atoms. The first-order valence-electron chi connectivity index (χ1n) is 12.4. The molecule has 0 aliphatic heterocycles. The quantitative estimate of drug-likeness (QED) is 0.316. The zero-order valence-corrected chi connectivity index (χ0v) is 23.0. The van der Waals surface area contributed by atoms with Gasteiger partial charge >= 0.3 is 5.97 Å². The van der Waals surface area contributed by atoms with Gasteiger partial charge in [0.2, 0.25) is 0 Å². The number of methoxy groups -OCH3 is 1. The highest BCUT2D eigenvalue weighted by atomic mass is 32.2. The van der Waals surface area contributed by atoms with E-state index in [1.54, 1.807) is 36.4 Å². The normalized spacial score (nSPS) is 17.7. The molecule has 10 heteroatoms. The van der Waals surface area contributed by atoms with Crippen LogP contribution in [0.1, 0.15) is 38.3 Å². The van der Waals surface area contributed by atoms with Crippen LogP contribution in [-0.2, 0) is 19.6 Å². The van der Waals surface area contributed by atoms with E-state index in [2.05, 4.69) is 15.0 Å². The Labute approximate surface area is 222 Å². The minimum atomic E-state index is -3.87. The van der Waals surface area contributed by atoms with E-state index < -0.39 is 10.0 Å². The van der Waals surface area contributed by atoms with E-state index in [4.69, 9.17) is 9.47 Å². The number of anilines is 2. The standard InChI is InChI=1S/C27H33N3O5S2/c1-4-35-26(31)20-12-10-19(11-13-20)17-28-27-29-18(2)25(36-27)21-14-15-23(34-3)24(16-21)37(32,33)30-22-8-6-5-7-9-22/h5-9,14-16,19-20,30H,4,10-13,17H2,1-3H3,(H,28,29). The Kier molecular flexibility index (Phi) is 8.71. The maximum atomic E-state index is 13.2. The second kappa shape index (κ2) is 12.0. The maximum absolute atomic E-state index is 13.2.